The van der Waals surface area contributed by atoms with Gasteiger partial charge in [0.25, 0.3) is 0 Å². The van der Waals surface area contributed by atoms with E-state index in [4.69, 9.17) is 27.9 Å². The molecule has 25 heavy (non-hydrogen) atoms. The van der Waals surface area contributed by atoms with E-state index in [0.29, 0.717) is 21.5 Å². The third kappa shape index (κ3) is 2.75. The average molecular weight is 374 g/mol. The van der Waals surface area contributed by atoms with Crippen molar-refractivity contribution < 1.29 is 9.94 Å². The number of halogens is 2. The molecule has 0 fully saturated rings. The third-order valence-corrected chi connectivity index (χ3v) is 4.77. The lowest BCUT2D eigenvalue weighted by atomic mass is 9.90. The van der Waals surface area contributed by atoms with Crippen molar-refractivity contribution in [1.29, 1.82) is 0 Å². The Kier molecular flexibility index (Phi) is 4.11. The number of benzene rings is 2. The predicted octanol–water partition coefficient (Wildman–Crippen LogP) is 4.74. The Balaban J connectivity index is 1.92. The van der Waals surface area contributed by atoms with Crippen LogP contribution < -0.4 is 4.74 Å². The summed E-state index contributed by atoms with van der Waals surface area (Å²) >= 11 is 12.4. The van der Waals surface area contributed by atoms with Crippen molar-refractivity contribution in [2.24, 2.45) is 5.16 Å². The number of nitrogens with zero attached hydrogens (tertiary/aromatic N) is 3. The SMILES string of the molecule is O/N=C1/c2ccccc2O[C@@H](c2ccc(Cl)cc2Cl)[C@@H]1n1ccnc1. The largest absolute Gasteiger partial charge is 0.482 e. The first-order chi connectivity index (χ1) is 12.2. The van der Waals surface area contributed by atoms with Crippen LogP contribution in [0.4, 0.5) is 0 Å². The third-order valence-electron chi connectivity index (χ3n) is 4.21. The minimum Gasteiger partial charge on any atom is -0.482 e. The summed E-state index contributed by atoms with van der Waals surface area (Å²) in [5, 5.41) is 14.3. The van der Waals surface area contributed by atoms with E-state index in [0.717, 1.165) is 11.1 Å². The van der Waals surface area contributed by atoms with Crippen molar-refractivity contribution in [2.75, 3.05) is 0 Å². The first-order valence-electron chi connectivity index (χ1n) is 7.59. The molecule has 0 bridgehead atoms. The summed E-state index contributed by atoms with van der Waals surface area (Å²) < 4.78 is 8.07. The first-order valence-corrected chi connectivity index (χ1v) is 8.35. The lowest BCUT2D eigenvalue weighted by molar-refractivity contribution is 0.157. The van der Waals surface area contributed by atoms with Gasteiger partial charge >= 0.3 is 0 Å². The van der Waals surface area contributed by atoms with Gasteiger partial charge in [0.1, 0.15) is 17.5 Å². The Morgan fingerprint density at radius 1 is 1.16 bits per heavy atom. The zero-order chi connectivity index (χ0) is 17.4. The van der Waals surface area contributed by atoms with E-state index in [-0.39, 0.29) is 0 Å². The molecule has 4 rings (SSSR count). The average Bonchev–Trinajstić information content (AvgIpc) is 3.14. The molecule has 2 aromatic carbocycles. The van der Waals surface area contributed by atoms with Crippen LogP contribution in [0.3, 0.4) is 0 Å². The maximum atomic E-state index is 9.73. The Bertz CT molecular complexity index is 941. The molecular weight excluding hydrogens is 361 g/mol. The molecule has 0 radical (unpaired) electrons. The Morgan fingerprint density at radius 2 is 2.00 bits per heavy atom. The number of oxime groups is 1. The van der Waals surface area contributed by atoms with Crippen LogP contribution in [0.5, 0.6) is 5.75 Å². The van der Waals surface area contributed by atoms with Crippen LogP contribution in [0.2, 0.25) is 10.0 Å². The zero-order valence-electron chi connectivity index (χ0n) is 12.9. The molecule has 126 valence electrons. The van der Waals surface area contributed by atoms with Crippen LogP contribution in [0.25, 0.3) is 0 Å². The number of hydrogen-bond donors (Lipinski definition) is 1. The minimum absolute atomic E-state index is 0.430. The van der Waals surface area contributed by atoms with Gasteiger partial charge in [-0.2, -0.15) is 0 Å². The van der Waals surface area contributed by atoms with E-state index in [1.54, 1.807) is 30.9 Å². The van der Waals surface area contributed by atoms with E-state index in [2.05, 4.69) is 10.1 Å². The van der Waals surface area contributed by atoms with Gasteiger partial charge in [0.05, 0.1) is 6.33 Å². The Hall–Kier alpha value is -2.50. The number of ether oxygens (including phenoxy) is 1. The van der Waals surface area contributed by atoms with Crippen LogP contribution in [0.1, 0.15) is 23.3 Å². The quantitative estimate of drug-likeness (QED) is 0.521. The van der Waals surface area contributed by atoms with Crippen LogP contribution in [-0.4, -0.2) is 20.5 Å². The Morgan fingerprint density at radius 3 is 2.72 bits per heavy atom. The fraction of sp³-hybridized carbons (Fsp3) is 0.111. The number of fused-ring (bicyclic) bond motifs is 1. The van der Waals surface area contributed by atoms with Crippen molar-refractivity contribution in [3.05, 3.63) is 82.4 Å². The lowest BCUT2D eigenvalue weighted by Gasteiger charge is -2.35. The highest BCUT2D eigenvalue weighted by Gasteiger charge is 2.39. The van der Waals surface area contributed by atoms with Crippen molar-refractivity contribution in [3.63, 3.8) is 0 Å². The highest BCUT2D eigenvalue weighted by molar-refractivity contribution is 6.35. The van der Waals surface area contributed by atoms with E-state index in [1.807, 2.05) is 34.9 Å². The standard InChI is InChI=1S/C18H13Cl2N3O2/c19-11-5-6-12(14(20)9-11)18-17(23-8-7-21-10-23)16(22-24)13-3-1-2-4-15(13)25-18/h1-10,17-18,24H/b22-16-/t17-,18+/m1/s1. The molecule has 7 heteroatoms. The van der Waals surface area contributed by atoms with Crippen molar-refractivity contribution >= 4 is 28.9 Å². The normalized spacial score (nSPS) is 21.0. The lowest BCUT2D eigenvalue weighted by Crippen LogP contribution is -2.34. The van der Waals surface area contributed by atoms with E-state index in [1.165, 1.54) is 0 Å². The van der Waals surface area contributed by atoms with Crippen LogP contribution >= 0.6 is 23.2 Å². The molecule has 0 amide bonds. The van der Waals surface area contributed by atoms with Gasteiger partial charge in [0.2, 0.25) is 0 Å². The van der Waals surface area contributed by atoms with Crippen molar-refractivity contribution in [1.82, 2.24) is 9.55 Å². The molecule has 0 spiro atoms. The van der Waals surface area contributed by atoms with Crippen LogP contribution in [-0.2, 0) is 0 Å². The zero-order valence-corrected chi connectivity index (χ0v) is 14.4. The van der Waals surface area contributed by atoms with Gasteiger partial charge in [0, 0.05) is 33.6 Å². The minimum atomic E-state index is -0.500. The maximum absolute atomic E-state index is 9.73. The smallest absolute Gasteiger partial charge is 0.152 e. The highest BCUT2D eigenvalue weighted by Crippen LogP contribution is 2.43. The van der Waals surface area contributed by atoms with E-state index in [9.17, 15) is 5.21 Å². The summed E-state index contributed by atoms with van der Waals surface area (Å²) in [4.78, 5) is 4.10. The molecule has 1 aromatic heterocycles. The molecule has 0 aliphatic carbocycles. The van der Waals surface area contributed by atoms with Gasteiger partial charge in [-0.25, -0.2) is 4.98 Å². The van der Waals surface area contributed by atoms with Crippen LogP contribution in [0.15, 0.2) is 66.3 Å². The summed E-state index contributed by atoms with van der Waals surface area (Å²) in [5.41, 5.74) is 1.96. The summed E-state index contributed by atoms with van der Waals surface area (Å²) in [6.07, 6.45) is 4.61. The van der Waals surface area contributed by atoms with Gasteiger partial charge < -0.3 is 14.5 Å². The molecule has 1 N–H and O–H groups in total. The summed E-state index contributed by atoms with van der Waals surface area (Å²) in [5.74, 6) is 0.627. The monoisotopic (exact) mass is 373 g/mol. The molecule has 2 atom stereocenters. The molecule has 0 unspecified atom stereocenters. The number of aromatic nitrogens is 2. The summed E-state index contributed by atoms with van der Waals surface area (Å²) in [6.45, 7) is 0. The predicted molar refractivity (Wildman–Crippen MR) is 95.9 cm³/mol. The molecule has 0 saturated heterocycles. The molecule has 0 saturated carbocycles. The number of hydrogen-bond acceptors (Lipinski definition) is 4. The second-order valence-corrected chi connectivity index (χ2v) is 6.48. The van der Waals surface area contributed by atoms with Gasteiger partial charge in [-0.3, -0.25) is 0 Å². The fourth-order valence-corrected chi connectivity index (χ4v) is 3.61. The molecule has 2 heterocycles. The molecule has 1 aliphatic heterocycles. The Labute approximate surface area is 154 Å². The number of imidazole rings is 1. The molecule has 1 aliphatic rings. The van der Waals surface area contributed by atoms with Crippen molar-refractivity contribution in [2.45, 2.75) is 12.1 Å². The summed E-state index contributed by atoms with van der Waals surface area (Å²) in [6, 6.07) is 12.2. The fourth-order valence-electron chi connectivity index (χ4n) is 3.10. The topological polar surface area (TPSA) is 59.6 Å². The second-order valence-electron chi connectivity index (χ2n) is 5.64. The van der Waals surface area contributed by atoms with Gasteiger partial charge in [0.15, 0.2) is 6.10 Å². The van der Waals surface area contributed by atoms with E-state index < -0.39 is 12.1 Å². The van der Waals surface area contributed by atoms with Crippen LogP contribution in [0, 0.1) is 0 Å². The number of para-hydroxylation sites is 1. The maximum Gasteiger partial charge on any atom is 0.152 e. The van der Waals surface area contributed by atoms with E-state index >= 15 is 0 Å². The molecular formula is C18H13Cl2N3O2. The van der Waals surface area contributed by atoms with Gasteiger partial charge in [-0.05, 0) is 24.3 Å². The highest BCUT2D eigenvalue weighted by atomic mass is 35.5. The molecule has 3 aromatic rings. The second kappa shape index (κ2) is 6.43. The summed E-state index contributed by atoms with van der Waals surface area (Å²) in [7, 11) is 0. The number of rotatable bonds is 2. The first kappa shape index (κ1) is 16.0. The molecule has 5 nitrogen and oxygen atoms in total. The van der Waals surface area contributed by atoms with Crippen molar-refractivity contribution in [3.8, 4) is 5.75 Å². The van der Waals surface area contributed by atoms with Gasteiger partial charge in [-0.1, -0.05) is 46.6 Å². The van der Waals surface area contributed by atoms with Gasteiger partial charge in [-0.15, -0.1) is 0 Å².